The zero-order chi connectivity index (χ0) is 9.14. The number of halogens is 2. The quantitative estimate of drug-likeness (QED) is 0.665. The Balaban J connectivity index is 2.58. The van der Waals surface area contributed by atoms with E-state index >= 15 is 0 Å². The van der Waals surface area contributed by atoms with Gasteiger partial charge in [-0.25, -0.2) is 0 Å². The van der Waals surface area contributed by atoms with Crippen molar-refractivity contribution in [2.45, 2.75) is 12.5 Å². The van der Waals surface area contributed by atoms with E-state index in [2.05, 4.69) is 15.9 Å². The van der Waals surface area contributed by atoms with Crippen molar-refractivity contribution in [2.24, 2.45) is 5.73 Å². The molecule has 0 radical (unpaired) electrons. The van der Waals surface area contributed by atoms with Crippen molar-refractivity contribution < 1.29 is 4.79 Å². The minimum atomic E-state index is -0.365. The van der Waals surface area contributed by atoms with Crippen LogP contribution in [0.3, 0.4) is 0 Å². The van der Waals surface area contributed by atoms with Gasteiger partial charge < -0.3 is 5.73 Å². The van der Waals surface area contributed by atoms with Gasteiger partial charge in [0.05, 0.1) is 9.83 Å². The number of hydrogen-bond donors (Lipinski definition) is 1. The minimum absolute atomic E-state index is 0.0112. The lowest BCUT2D eigenvalue weighted by Gasteiger charge is -2.02. The fraction of sp³-hybridized carbons (Fsp3) is 0.286. The lowest BCUT2D eigenvalue weighted by molar-refractivity contribution is -0.110. The second-order valence-corrected chi connectivity index (χ2v) is 5.93. The van der Waals surface area contributed by atoms with Gasteiger partial charge in [-0.3, -0.25) is 4.79 Å². The third-order valence-electron chi connectivity index (χ3n) is 1.34. The van der Waals surface area contributed by atoms with Crippen molar-refractivity contribution >= 4 is 53.6 Å². The fourth-order valence-electron chi connectivity index (χ4n) is 0.758. The molecule has 1 aromatic rings. The molecule has 0 spiro atoms. The van der Waals surface area contributed by atoms with Gasteiger partial charge in [0.15, 0.2) is 0 Å². The van der Waals surface area contributed by atoms with Crippen LogP contribution in [0.2, 0.25) is 0 Å². The van der Waals surface area contributed by atoms with Crippen molar-refractivity contribution in [1.82, 2.24) is 0 Å². The van der Waals surface area contributed by atoms with E-state index in [1.165, 1.54) is 0 Å². The van der Waals surface area contributed by atoms with Gasteiger partial charge in [0.1, 0.15) is 0 Å². The van der Waals surface area contributed by atoms with E-state index in [4.69, 9.17) is 5.73 Å². The second-order valence-electron chi connectivity index (χ2n) is 2.32. The van der Waals surface area contributed by atoms with Gasteiger partial charge in [-0.1, -0.05) is 0 Å². The number of carbonyl (C=O) groups excluding carboxylic acids is 1. The van der Waals surface area contributed by atoms with Gasteiger partial charge >= 0.3 is 0 Å². The molecule has 1 heterocycles. The average molecular weight is 360 g/mol. The Kier molecular flexibility index (Phi) is 4.15. The van der Waals surface area contributed by atoms with Gasteiger partial charge in [-0.15, -0.1) is 11.3 Å². The number of hydrogen-bond acceptors (Lipinski definition) is 3. The van der Waals surface area contributed by atoms with Crippen molar-refractivity contribution in [1.29, 1.82) is 0 Å². The molecule has 0 aromatic carbocycles. The van der Waals surface area contributed by atoms with E-state index in [9.17, 15) is 4.79 Å². The first-order valence-corrected chi connectivity index (χ1v) is 5.97. The SMILES string of the molecule is N[C@H](Cc1ccc(Br)s1)C(=O)I. The summed E-state index contributed by atoms with van der Waals surface area (Å²) < 4.78 is 1.09. The molecule has 66 valence electrons. The Labute approximate surface area is 96.8 Å². The van der Waals surface area contributed by atoms with Crippen LogP contribution in [-0.2, 0) is 11.2 Å². The number of thiophene rings is 1. The molecule has 2 N–H and O–H groups in total. The maximum atomic E-state index is 10.8. The lowest BCUT2D eigenvalue weighted by atomic mass is 10.2. The summed E-state index contributed by atoms with van der Waals surface area (Å²) >= 11 is 6.70. The molecule has 0 saturated carbocycles. The van der Waals surface area contributed by atoms with Crippen LogP contribution in [0, 0.1) is 0 Å². The van der Waals surface area contributed by atoms with Crippen molar-refractivity contribution in [3.63, 3.8) is 0 Å². The fourth-order valence-corrected chi connectivity index (χ4v) is 2.52. The van der Waals surface area contributed by atoms with Crippen LogP contribution < -0.4 is 5.73 Å². The molecule has 2 nitrogen and oxygen atoms in total. The van der Waals surface area contributed by atoms with Gasteiger partial charge in [0.25, 0.3) is 0 Å². The first-order valence-electron chi connectivity index (χ1n) is 3.28. The van der Waals surface area contributed by atoms with Crippen LogP contribution in [0.1, 0.15) is 4.88 Å². The summed E-state index contributed by atoms with van der Waals surface area (Å²) in [5, 5.41) is 0. The highest BCUT2D eigenvalue weighted by molar-refractivity contribution is 14.1. The second kappa shape index (κ2) is 4.69. The highest BCUT2D eigenvalue weighted by Gasteiger charge is 2.11. The van der Waals surface area contributed by atoms with E-state index < -0.39 is 0 Å². The first kappa shape index (κ1) is 10.6. The molecule has 0 fully saturated rings. The zero-order valence-electron chi connectivity index (χ0n) is 6.09. The molecule has 0 unspecified atom stereocenters. The van der Waals surface area contributed by atoms with Gasteiger partial charge in [0, 0.05) is 33.9 Å². The molecule has 0 bridgehead atoms. The smallest absolute Gasteiger partial charge is 0.209 e. The maximum Gasteiger partial charge on any atom is 0.209 e. The van der Waals surface area contributed by atoms with Crippen LogP contribution in [0.4, 0.5) is 0 Å². The van der Waals surface area contributed by atoms with Crippen LogP contribution >= 0.6 is 49.9 Å². The molecular formula is C7H7BrINOS. The Bertz CT molecular complexity index is 289. The van der Waals surface area contributed by atoms with E-state index in [0.29, 0.717) is 6.42 Å². The van der Waals surface area contributed by atoms with Gasteiger partial charge in [-0.2, -0.15) is 0 Å². The molecule has 1 atom stereocenters. The molecule has 0 aliphatic carbocycles. The minimum Gasteiger partial charge on any atom is -0.321 e. The Morgan fingerprint density at radius 2 is 2.42 bits per heavy atom. The van der Waals surface area contributed by atoms with E-state index in [1.807, 2.05) is 12.1 Å². The van der Waals surface area contributed by atoms with Crippen LogP contribution in [0.15, 0.2) is 15.9 Å². The highest BCUT2D eigenvalue weighted by Crippen LogP contribution is 2.23. The van der Waals surface area contributed by atoms with Crippen molar-refractivity contribution in [3.8, 4) is 0 Å². The summed E-state index contributed by atoms with van der Waals surface area (Å²) in [5.41, 5.74) is 5.59. The lowest BCUT2D eigenvalue weighted by Crippen LogP contribution is -2.28. The molecule has 12 heavy (non-hydrogen) atoms. The maximum absolute atomic E-state index is 10.8. The Morgan fingerprint density at radius 1 is 1.75 bits per heavy atom. The summed E-state index contributed by atoms with van der Waals surface area (Å²) in [6.07, 6.45) is 0.637. The topological polar surface area (TPSA) is 43.1 Å². The molecule has 0 saturated heterocycles. The standard InChI is InChI=1S/C7H7BrINOS/c8-6-2-1-4(12-6)3-5(10)7(9)11/h1-2,5H,3,10H2/t5-/m1/s1. The summed E-state index contributed by atoms with van der Waals surface area (Å²) in [7, 11) is 0. The van der Waals surface area contributed by atoms with Crippen LogP contribution in [0.25, 0.3) is 0 Å². The van der Waals surface area contributed by atoms with Crippen LogP contribution in [-0.4, -0.2) is 9.83 Å². The first-order chi connectivity index (χ1) is 5.59. The summed E-state index contributed by atoms with van der Waals surface area (Å²) in [6.45, 7) is 0. The Morgan fingerprint density at radius 3 is 2.83 bits per heavy atom. The third kappa shape index (κ3) is 3.12. The molecular weight excluding hydrogens is 353 g/mol. The molecule has 5 heteroatoms. The molecule has 1 rings (SSSR count). The summed E-state index contributed by atoms with van der Waals surface area (Å²) in [4.78, 5) is 11.9. The average Bonchev–Trinajstić information content (AvgIpc) is 2.35. The van der Waals surface area contributed by atoms with E-state index in [1.54, 1.807) is 33.9 Å². The predicted octanol–water partition coefficient (Wildman–Crippen LogP) is 2.34. The monoisotopic (exact) mass is 359 g/mol. The molecule has 0 aliphatic heterocycles. The highest BCUT2D eigenvalue weighted by atomic mass is 127. The largest absolute Gasteiger partial charge is 0.321 e. The van der Waals surface area contributed by atoms with Crippen molar-refractivity contribution in [2.75, 3.05) is 0 Å². The van der Waals surface area contributed by atoms with Gasteiger partial charge in [0.2, 0.25) is 3.79 Å². The molecule has 0 amide bonds. The zero-order valence-corrected chi connectivity index (χ0v) is 10.6. The van der Waals surface area contributed by atoms with E-state index in [-0.39, 0.29) is 9.83 Å². The predicted molar refractivity (Wildman–Crippen MR) is 62.7 cm³/mol. The molecule has 1 aromatic heterocycles. The van der Waals surface area contributed by atoms with Crippen molar-refractivity contribution in [3.05, 3.63) is 20.8 Å². The van der Waals surface area contributed by atoms with Gasteiger partial charge in [-0.05, 0) is 28.1 Å². The van der Waals surface area contributed by atoms with E-state index in [0.717, 1.165) is 8.66 Å². The van der Waals surface area contributed by atoms with Crippen LogP contribution in [0.5, 0.6) is 0 Å². The summed E-state index contributed by atoms with van der Waals surface area (Å²) in [6, 6.07) is 3.58. The summed E-state index contributed by atoms with van der Waals surface area (Å²) in [5.74, 6) is 0. The Hall–Kier alpha value is 0.540. The normalized spacial score (nSPS) is 12.9. The molecule has 0 aliphatic rings. The third-order valence-corrected chi connectivity index (χ3v) is 3.79. The number of carbonyl (C=O) groups is 1. The number of nitrogens with two attached hydrogens (primary N) is 1. The number of rotatable bonds is 3.